The van der Waals surface area contributed by atoms with E-state index in [1.54, 1.807) is 56.3 Å². The lowest BCUT2D eigenvalue weighted by molar-refractivity contribution is -0.140. The number of sulfonamides is 1. The second-order valence-electron chi connectivity index (χ2n) is 8.42. The van der Waals surface area contributed by atoms with Gasteiger partial charge < -0.3 is 10.2 Å². The Morgan fingerprint density at radius 2 is 1.47 bits per heavy atom. The smallest absolute Gasteiger partial charge is 0.264 e. The van der Waals surface area contributed by atoms with Crippen LogP contribution in [0, 0.1) is 0 Å². The van der Waals surface area contributed by atoms with Gasteiger partial charge in [-0.2, -0.15) is 0 Å². The maximum absolute atomic E-state index is 13.9. The molecule has 0 spiro atoms. The standard InChI is InChI=1S/C27H28Cl3N3O4S/c1-3-25(27(35)31-4-2)32(17-19-10-12-20(28)13-11-19)26(34)18-33(23-15-21(29)14-22(30)16-23)38(36,37)24-8-6-5-7-9-24/h5-16,25H,3-4,17-18H2,1-2H3,(H,31,35). The van der Waals surface area contributed by atoms with Gasteiger partial charge >= 0.3 is 0 Å². The van der Waals surface area contributed by atoms with Gasteiger partial charge in [-0.1, -0.05) is 72.1 Å². The minimum atomic E-state index is -4.21. The molecule has 7 nitrogen and oxygen atoms in total. The summed E-state index contributed by atoms with van der Waals surface area (Å²) in [5.74, 6) is -0.908. The second kappa shape index (κ2) is 13.3. The maximum Gasteiger partial charge on any atom is 0.264 e. The lowest BCUT2D eigenvalue weighted by atomic mass is 10.1. The fraction of sp³-hybridized carbons (Fsp3) is 0.259. The van der Waals surface area contributed by atoms with E-state index in [1.165, 1.54) is 35.2 Å². The summed E-state index contributed by atoms with van der Waals surface area (Å²) < 4.78 is 28.5. The van der Waals surface area contributed by atoms with E-state index >= 15 is 0 Å². The van der Waals surface area contributed by atoms with Crippen molar-refractivity contribution in [1.29, 1.82) is 0 Å². The SMILES string of the molecule is CCNC(=O)C(CC)N(Cc1ccc(Cl)cc1)C(=O)CN(c1cc(Cl)cc(Cl)c1)S(=O)(=O)c1ccccc1. The molecule has 2 amide bonds. The Morgan fingerprint density at radius 1 is 0.868 bits per heavy atom. The van der Waals surface area contributed by atoms with Gasteiger partial charge in [0.25, 0.3) is 10.0 Å². The topological polar surface area (TPSA) is 86.8 Å². The third-order valence-corrected chi connectivity index (χ3v) is 8.22. The molecule has 0 aliphatic carbocycles. The first kappa shape index (κ1) is 29.8. The summed E-state index contributed by atoms with van der Waals surface area (Å²) in [4.78, 5) is 28.2. The molecule has 3 rings (SSSR count). The van der Waals surface area contributed by atoms with Crippen molar-refractivity contribution < 1.29 is 18.0 Å². The van der Waals surface area contributed by atoms with Gasteiger partial charge in [-0.15, -0.1) is 0 Å². The molecule has 1 unspecified atom stereocenters. The molecule has 0 fully saturated rings. The van der Waals surface area contributed by atoms with Gasteiger partial charge in [-0.3, -0.25) is 13.9 Å². The van der Waals surface area contributed by atoms with Crippen molar-refractivity contribution in [3.05, 3.63) is 93.4 Å². The quantitative estimate of drug-likeness (QED) is 0.304. The summed E-state index contributed by atoms with van der Waals surface area (Å²) in [6.07, 6.45) is 0.319. The molecule has 1 atom stereocenters. The highest BCUT2D eigenvalue weighted by Crippen LogP contribution is 2.30. The minimum absolute atomic E-state index is 0.0103. The van der Waals surface area contributed by atoms with Crippen LogP contribution in [-0.2, 0) is 26.2 Å². The van der Waals surface area contributed by atoms with E-state index in [0.29, 0.717) is 18.0 Å². The molecule has 0 aromatic heterocycles. The number of anilines is 1. The van der Waals surface area contributed by atoms with E-state index in [2.05, 4.69) is 5.32 Å². The predicted octanol–water partition coefficient (Wildman–Crippen LogP) is 5.79. The Kier molecular flexibility index (Phi) is 10.4. The van der Waals surface area contributed by atoms with Gasteiger partial charge in [0.15, 0.2) is 0 Å². The van der Waals surface area contributed by atoms with Crippen LogP contribution in [0.4, 0.5) is 5.69 Å². The molecule has 0 radical (unpaired) electrons. The summed E-state index contributed by atoms with van der Waals surface area (Å²) in [5, 5.41) is 3.71. The number of nitrogens with zero attached hydrogens (tertiary/aromatic N) is 2. The van der Waals surface area contributed by atoms with Crippen LogP contribution in [0.1, 0.15) is 25.8 Å². The van der Waals surface area contributed by atoms with Crippen molar-refractivity contribution in [2.75, 3.05) is 17.4 Å². The normalized spacial score (nSPS) is 12.0. The number of rotatable bonds is 11. The Bertz CT molecular complexity index is 1350. The van der Waals surface area contributed by atoms with Crippen LogP contribution in [0.3, 0.4) is 0 Å². The molecule has 202 valence electrons. The Labute approximate surface area is 238 Å². The Balaban J connectivity index is 2.07. The largest absolute Gasteiger partial charge is 0.355 e. The molecule has 0 aliphatic heterocycles. The molecule has 38 heavy (non-hydrogen) atoms. The highest BCUT2D eigenvalue weighted by atomic mass is 35.5. The van der Waals surface area contributed by atoms with Gasteiger partial charge in [-0.25, -0.2) is 8.42 Å². The molecular weight excluding hydrogens is 569 g/mol. The summed E-state index contributed by atoms with van der Waals surface area (Å²) in [6.45, 7) is 3.44. The zero-order chi connectivity index (χ0) is 27.9. The van der Waals surface area contributed by atoms with Crippen molar-refractivity contribution in [3.63, 3.8) is 0 Å². The van der Waals surface area contributed by atoms with Crippen molar-refractivity contribution in [3.8, 4) is 0 Å². The summed E-state index contributed by atoms with van der Waals surface area (Å²) >= 11 is 18.4. The first-order valence-electron chi connectivity index (χ1n) is 11.9. The van der Waals surface area contributed by atoms with E-state index in [4.69, 9.17) is 34.8 Å². The lowest BCUT2D eigenvalue weighted by Gasteiger charge is -2.33. The van der Waals surface area contributed by atoms with Crippen LogP contribution in [0.25, 0.3) is 0 Å². The number of carbonyl (C=O) groups is 2. The number of amides is 2. The highest BCUT2D eigenvalue weighted by Gasteiger charge is 2.33. The highest BCUT2D eigenvalue weighted by molar-refractivity contribution is 7.92. The average Bonchev–Trinajstić information content (AvgIpc) is 2.88. The second-order valence-corrected chi connectivity index (χ2v) is 11.6. The van der Waals surface area contributed by atoms with Gasteiger partial charge in [0.05, 0.1) is 10.6 Å². The van der Waals surface area contributed by atoms with Crippen LogP contribution >= 0.6 is 34.8 Å². The Hall–Kier alpha value is -2.78. The van der Waals surface area contributed by atoms with Crippen LogP contribution in [0.5, 0.6) is 0 Å². The number of hydrogen-bond donors (Lipinski definition) is 1. The molecule has 0 aliphatic rings. The van der Waals surface area contributed by atoms with Gasteiger partial charge in [0, 0.05) is 28.2 Å². The third-order valence-electron chi connectivity index (χ3n) is 5.75. The number of benzene rings is 3. The number of hydrogen-bond acceptors (Lipinski definition) is 4. The molecule has 0 saturated heterocycles. The fourth-order valence-electron chi connectivity index (χ4n) is 3.93. The monoisotopic (exact) mass is 595 g/mol. The lowest BCUT2D eigenvalue weighted by Crippen LogP contribution is -2.52. The van der Waals surface area contributed by atoms with Crippen LogP contribution in [-0.4, -0.2) is 44.3 Å². The maximum atomic E-state index is 13.9. The zero-order valence-corrected chi connectivity index (χ0v) is 24.0. The fourth-order valence-corrected chi connectivity index (χ4v) is 5.99. The van der Waals surface area contributed by atoms with Gasteiger partial charge in [0.1, 0.15) is 12.6 Å². The molecule has 3 aromatic carbocycles. The molecule has 1 N–H and O–H groups in total. The van der Waals surface area contributed by atoms with Crippen LogP contribution in [0.15, 0.2) is 77.7 Å². The minimum Gasteiger partial charge on any atom is -0.355 e. The summed E-state index contributed by atoms with van der Waals surface area (Å²) in [7, 11) is -4.21. The van der Waals surface area contributed by atoms with Crippen molar-refractivity contribution in [1.82, 2.24) is 10.2 Å². The summed E-state index contributed by atoms with van der Waals surface area (Å²) in [5.41, 5.74) is 0.853. The summed E-state index contributed by atoms with van der Waals surface area (Å²) in [6, 6.07) is 18.1. The third kappa shape index (κ3) is 7.41. The van der Waals surface area contributed by atoms with E-state index in [0.717, 1.165) is 9.87 Å². The number of carbonyl (C=O) groups excluding carboxylic acids is 2. The van der Waals surface area contributed by atoms with Gasteiger partial charge in [0.2, 0.25) is 11.8 Å². The Morgan fingerprint density at radius 3 is 2.03 bits per heavy atom. The molecule has 11 heteroatoms. The zero-order valence-electron chi connectivity index (χ0n) is 20.9. The molecule has 0 heterocycles. The molecule has 3 aromatic rings. The molecule has 0 bridgehead atoms. The first-order valence-corrected chi connectivity index (χ1v) is 14.5. The van der Waals surface area contributed by atoms with Crippen molar-refractivity contribution in [2.45, 2.75) is 37.8 Å². The molecule has 0 saturated carbocycles. The van der Waals surface area contributed by atoms with Crippen molar-refractivity contribution >= 4 is 62.3 Å². The molecular formula is C27H28Cl3N3O4S. The predicted molar refractivity (Wildman–Crippen MR) is 152 cm³/mol. The van der Waals surface area contributed by atoms with Crippen molar-refractivity contribution in [2.24, 2.45) is 0 Å². The number of nitrogens with one attached hydrogen (secondary N) is 1. The first-order chi connectivity index (χ1) is 18.1. The average molecular weight is 597 g/mol. The van der Waals surface area contributed by atoms with E-state index < -0.39 is 28.5 Å². The number of halogens is 3. The van der Waals surface area contributed by atoms with Gasteiger partial charge in [-0.05, 0) is 61.4 Å². The van der Waals surface area contributed by atoms with E-state index in [9.17, 15) is 18.0 Å². The van der Waals surface area contributed by atoms with E-state index in [1.807, 2.05) is 0 Å². The van der Waals surface area contributed by atoms with Crippen LogP contribution < -0.4 is 9.62 Å². The van der Waals surface area contributed by atoms with Crippen LogP contribution in [0.2, 0.25) is 15.1 Å². The van der Waals surface area contributed by atoms with E-state index in [-0.39, 0.29) is 33.1 Å². The number of likely N-dealkylation sites (N-methyl/N-ethyl adjacent to an activating group) is 1.